The van der Waals surface area contributed by atoms with Crippen LogP contribution in [0.5, 0.6) is 0 Å². The van der Waals surface area contributed by atoms with Gasteiger partial charge in [-0.2, -0.15) is 0 Å². The fourth-order valence-corrected chi connectivity index (χ4v) is 2.63. The summed E-state index contributed by atoms with van der Waals surface area (Å²) in [4.78, 5) is 14.5. The Kier molecular flexibility index (Phi) is 5.60. The summed E-state index contributed by atoms with van der Waals surface area (Å²) in [5.74, 6) is 0.0740. The molecule has 1 aliphatic heterocycles. The Hall–Kier alpha value is -0.610. The summed E-state index contributed by atoms with van der Waals surface area (Å²) in [6, 6.07) is 0.297. The second-order valence-corrected chi connectivity index (χ2v) is 6.81. The zero-order chi connectivity index (χ0) is 13.8. The van der Waals surface area contributed by atoms with Crippen LogP contribution in [0, 0.1) is 11.3 Å². The van der Waals surface area contributed by atoms with Gasteiger partial charge in [-0.1, -0.05) is 20.8 Å². The van der Waals surface area contributed by atoms with E-state index < -0.39 is 0 Å². The van der Waals surface area contributed by atoms with Gasteiger partial charge in [0.1, 0.15) is 0 Å². The molecule has 0 aromatic heterocycles. The van der Waals surface area contributed by atoms with E-state index in [9.17, 15) is 4.79 Å². The van der Waals surface area contributed by atoms with Crippen molar-refractivity contribution in [2.45, 2.75) is 46.1 Å². The van der Waals surface area contributed by atoms with E-state index >= 15 is 0 Å². The van der Waals surface area contributed by atoms with Gasteiger partial charge in [0.25, 0.3) is 0 Å². The first-order chi connectivity index (χ1) is 8.31. The lowest BCUT2D eigenvalue weighted by atomic mass is 9.84. The highest BCUT2D eigenvalue weighted by Crippen LogP contribution is 2.24. The molecule has 0 saturated carbocycles. The van der Waals surface area contributed by atoms with E-state index in [1.807, 2.05) is 0 Å². The van der Waals surface area contributed by atoms with E-state index in [0.29, 0.717) is 12.6 Å². The van der Waals surface area contributed by atoms with Gasteiger partial charge in [-0.25, -0.2) is 0 Å². The van der Waals surface area contributed by atoms with Crippen molar-refractivity contribution >= 4 is 5.91 Å². The highest BCUT2D eigenvalue weighted by Gasteiger charge is 2.26. The Bertz CT molecular complexity index is 273. The molecule has 2 atom stereocenters. The summed E-state index contributed by atoms with van der Waals surface area (Å²) < 4.78 is 0. The monoisotopic (exact) mass is 255 g/mol. The molecule has 0 aromatic rings. The lowest BCUT2D eigenvalue weighted by Gasteiger charge is -2.32. The van der Waals surface area contributed by atoms with Crippen molar-refractivity contribution in [3.8, 4) is 0 Å². The van der Waals surface area contributed by atoms with Crippen LogP contribution in [0.1, 0.15) is 40.0 Å². The van der Waals surface area contributed by atoms with E-state index in [2.05, 4.69) is 38.0 Å². The lowest BCUT2D eigenvalue weighted by molar-refractivity contribution is -0.126. The van der Waals surface area contributed by atoms with E-state index in [0.717, 1.165) is 32.4 Å². The maximum Gasteiger partial charge on any atom is 0.224 e. The maximum atomic E-state index is 12.2. The topological polar surface area (TPSA) is 58.4 Å². The molecule has 4 nitrogen and oxygen atoms in total. The molecule has 1 heterocycles. The van der Waals surface area contributed by atoms with Crippen LogP contribution in [0.2, 0.25) is 0 Å². The van der Waals surface area contributed by atoms with Crippen molar-refractivity contribution in [2.24, 2.45) is 17.1 Å². The van der Waals surface area contributed by atoms with Gasteiger partial charge in [0, 0.05) is 19.1 Å². The fourth-order valence-electron chi connectivity index (χ4n) is 2.63. The second kappa shape index (κ2) is 6.53. The average molecular weight is 255 g/mol. The number of likely N-dealkylation sites (tertiary alicyclic amines) is 1. The number of carbonyl (C=O) groups is 1. The SMILES string of the molecule is CN1CCCC(NC(=O)C(CN)CC(C)(C)C)C1. The van der Waals surface area contributed by atoms with E-state index in [1.54, 1.807) is 0 Å². The van der Waals surface area contributed by atoms with Gasteiger partial charge < -0.3 is 16.0 Å². The Labute approximate surface area is 111 Å². The summed E-state index contributed by atoms with van der Waals surface area (Å²) in [7, 11) is 2.11. The van der Waals surface area contributed by atoms with Crippen LogP contribution >= 0.6 is 0 Å². The number of nitrogens with zero attached hydrogens (tertiary/aromatic N) is 1. The maximum absolute atomic E-state index is 12.2. The van der Waals surface area contributed by atoms with Crippen LogP contribution in [0.25, 0.3) is 0 Å². The van der Waals surface area contributed by atoms with Gasteiger partial charge in [0.2, 0.25) is 5.91 Å². The Morgan fingerprint density at radius 2 is 2.17 bits per heavy atom. The van der Waals surface area contributed by atoms with Crippen molar-refractivity contribution in [3.63, 3.8) is 0 Å². The summed E-state index contributed by atoms with van der Waals surface area (Å²) in [5.41, 5.74) is 5.89. The molecule has 0 spiro atoms. The van der Waals surface area contributed by atoms with E-state index in [4.69, 9.17) is 5.73 Å². The third kappa shape index (κ3) is 5.36. The molecule has 1 rings (SSSR count). The summed E-state index contributed by atoms with van der Waals surface area (Å²) in [6.07, 6.45) is 3.09. The molecule has 3 N–H and O–H groups in total. The van der Waals surface area contributed by atoms with Crippen LogP contribution in [-0.4, -0.2) is 43.5 Å². The quantitative estimate of drug-likeness (QED) is 0.794. The molecule has 1 saturated heterocycles. The van der Waals surface area contributed by atoms with Crippen molar-refractivity contribution in [1.82, 2.24) is 10.2 Å². The highest BCUT2D eigenvalue weighted by molar-refractivity contribution is 5.79. The predicted molar refractivity (Wildman–Crippen MR) is 75.3 cm³/mol. The number of nitrogens with two attached hydrogens (primary N) is 1. The van der Waals surface area contributed by atoms with Crippen LogP contribution in [0.3, 0.4) is 0 Å². The number of rotatable bonds is 4. The molecular formula is C14H29N3O. The number of carbonyl (C=O) groups excluding carboxylic acids is 1. The van der Waals surface area contributed by atoms with Crippen molar-refractivity contribution < 1.29 is 4.79 Å². The first kappa shape index (κ1) is 15.4. The number of hydrogen-bond donors (Lipinski definition) is 2. The number of hydrogen-bond acceptors (Lipinski definition) is 3. The molecule has 0 bridgehead atoms. The Balaban J connectivity index is 2.46. The van der Waals surface area contributed by atoms with Gasteiger partial charge in [0.15, 0.2) is 0 Å². The lowest BCUT2D eigenvalue weighted by Crippen LogP contribution is -2.49. The molecule has 0 aliphatic carbocycles. The number of likely N-dealkylation sites (N-methyl/N-ethyl adjacent to an activating group) is 1. The molecule has 1 amide bonds. The van der Waals surface area contributed by atoms with Gasteiger partial charge in [-0.15, -0.1) is 0 Å². The third-order valence-electron chi connectivity index (χ3n) is 3.48. The van der Waals surface area contributed by atoms with Crippen molar-refractivity contribution in [1.29, 1.82) is 0 Å². The van der Waals surface area contributed by atoms with Gasteiger partial charge >= 0.3 is 0 Å². The van der Waals surface area contributed by atoms with Crippen LogP contribution in [0.15, 0.2) is 0 Å². The molecule has 0 radical (unpaired) electrons. The van der Waals surface area contributed by atoms with Gasteiger partial charge in [0.05, 0.1) is 5.92 Å². The smallest absolute Gasteiger partial charge is 0.224 e. The predicted octanol–water partition coefficient (Wildman–Crippen LogP) is 1.21. The van der Waals surface area contributed by atoms with Gasteiger partial charge in [-0.05, 0) is 38.3 Å². The Morgan fingerprint density at radius 3 is 2.67 bits per heavy atom. The molecule has 2 unspecified atom stereocenters. The third-order valence-corrected chi connectivity index (χ3v) is 3.48. The summed E-state index contributed by atoms with van der Waals surface area (Å²) in [6.45, 7) is 8.98. The fraction of sp³-hybridized carbons (Fsp3) is 0.929. The summed E-state index contributed by atoms with van der Waals surface area (Å²) in [5, 5.41) is 3.16. The minimum absolute atomic E-state index is 0.0581. The second-order valence-electron chi connectivity index (χ2n) is 6.81. The number of piperidine rings is 1. The van der Waals surface area contributed by atoms with E-state index in [1.165, 1.54) is 0 Å². The molecule has 18 heavy (non-hydrogen) atoms. The molecule has 106 valence electrons. The molecule has 1 fully saturated rings. The van der Waals surface area contributed by atoms with Crippen LogP contribution < -0.4 is 11.1 Å². The average Bonchev–Trinajstić information content (AvgIpc) is 2.24. The normalized spacial score (nSPS) is 23.7. The van der Waals surface area contributed by atoms with Gasteiger partial charge in [-0.3, -0.25) is 4.79 Å². The Morgan fingerprint density at radius 1 is 1.50 bits per heavy atom. The van der Waals surface area contributed by atoms with Crippen molar-refractivity contribution in [2.75, 3.05) is 26.7 Å². The summed E-state index contributed by atoms with van der Waals surface area (Å²) >= 11 is 0. The minimum Gasteiger partial charge on any atom is -0.352 e. The first-order valence-corrected chi connectivity index (χ1v) is 7.01. The van der Waals surface area contributed by atoms with Crippen LogP contribution in [0.4, 0.5) is 0 Å². The van der Waals surface area contributed by atoms with Crippen LogP contribution in [-0.2, 0) is 4.79 Å². The largest absolute Gasteiger partial charge is 0.352 e. The zero-order valence-electron chi connectivity index (χ0n) is 12.3. The molecule has 0 aromatic carbocycles. The van der Waals surface area contributed by atoms with Crippen molar-refractivity contribution in [3.05, 3.63) is 0 Å². The van der Waals surface area contributed by atoms with E-state index in [-0.39, 0.29) is 17.2 Å². The first-order valence-electron chi connectivity index (χ1n) is 7.01. The zero-order valence-corrected chi connectivity index (χ0v) is 12.3. The highest BCUT2D eigenvalue weighted by atomic mass is 16.2. The molecular weight excluding hydrogens is 226 g/mol. The molecule has 4 heteroatoms. The molecule has 1 aliphatic rings. The number of nitrogens with one attached hydrogen (secondary N) is 1. The standard InChI is InChI=1S/C14H29N3O/c1-14(2,3)8-11(9-15)13(18)16-12-6-5-7-17(4)10-12/h11-12H,5-10,15H2,1-4H3,(H,16,18). The minimum atomic E-state index is -0.0581. The number of amides is 1.